The van der Waals surface area contributed by atoms with E-state index < -0.39 is 15.4 Å². The fourth-order valence-electron chi connectivity index (χ4n) is 2.88. The Morgan fingerprint density at radius 2 is 2.11 bits per heavy atom. The van der Waals surface area contributed by atoms with Crippen LogP contribution in [0.1, 0.15) is 26.7 Å². The van der Waals surface area contributed by atoms with Crippen LogP contribution in [-0.4, -0.2) is 63.7 Å². The lowest BCUT2D eigenvalue weighted by Crippen LogP contribution is -2.61. The second-order valence-electron chi connectivity index (χ2n) is 5.96. The molecule has 19 heavy (non-hydrogen) atoms. The summed E-state index contributed by atoms with van der Waals surface area (Å²) in [7, 11) is -1.30. The highest BCUT2D eigenvalue weighted by atomic mass is 32.2. The average Bonchev–Trinajstić information content (AvgIpc) is 2.32. The molecular formula is C13H28N2O3S. The van der Waals surface area contributed by atoms with Crippen LogP contribution < -0.4 is 5.73 Å². The number of hydrogen-bond donors (Lipinski definition) is 1. The Balaban J connectivity index is 2.92. The normalized spacial score (nSPS) is 27.1. The summed E-state index contributed by atoms with van der Waals surface area (Å²) in [5, 5.41) is 0. The molecule has 0 amide bonds. The average molecular weight is 292 g/mol. The zero-order valence-corrected chi connectivity index (χ0v) is 13.2. The van der Waals surface area contributed by atoms with Gasteiger partial charge in [0.05, 0.1) is 18.1 Å². The monoisotopic (exact) mass is 292 g/mol. The van der Waals surface area contributed by atoms with E-state index in [-0.39, 0.29) is 5.75 Å². The number of nitrogens with zero attached hydrogens (tertiary/aromatic N) is 1. The highest BCUT2D eigenvalue weighted by molar-refractivity contribution is 7.91. The Kier molecular flexibility index (Phi) is 6.23. The van der Waals surface area contributed by atoms with Gasteiger partial charge in [-0.25, -0.2) is 8.42 Å². The van der Waals surface area contributed by atoms with Gasteiger partial charge in [0, 0.05) is 32.3 Å². The zero-order chi connectivity index (χ0) is 14.5. The van der Waals surface area contributed by atoms with E-state index in [1.165, 1.54) is 0 Å². The highest BCUT2D eigenvalue weighted by Gasteiger charge is 2.42. The molecule has 0 radical (unpaired) electrons. The molecule has 1 aliphatic heterocycles. The van der Waals surface area contributed by atoms with Crippen molar-refractivity contribution in [3.05, 3.63) is 0 Å². The molecule has 1 saturated heterocycles. The van der Waals surface area contributed by atoms with Gasteiger partial charge in [-0.05, 0) is 18.8 Å². The van der Waals surface area contributed by atoms with Crippen LogP contribution in [0.15, 0.2) is 0 Å². The molecule has 114 valence electrons. The molecule has 1 fully saturated rings. The van der Waals surface area contributed by atoms with Crippen molar-refractivity contribution in [1.29, 1.82) is 0 Å². The number of hydrogen-bond acceptors (Lipinski definition) is 5. The smallest absolute Gasteiger partial charge is 0.152 e. The summed E-state index contributed by atoms with van der Waals surface area (Å²) in [5.74, 6) is 0.964. The van der Waals surface area contributed by atoms with Crippen molar-refractivity contribution in [2.24, 2.45) is 11.7 Å². The second kappa shape index (κ2) is 7.02. The molecule has 0 aromatic carbocycles. The fourth-order valence-corrected chi connectivity index (χ4v) is 4.87. The van der Waals surface area contributed by atoms with Crippen molar-refractivity contribution < 1.29 is 13.2 Å². The van der Waals surface area contributed by atoms with E-state index in [2.05, 4.69) is 18.7 Å². The minimum Gasteiger partial charge on any atom is -0.383 e. The van der Waals surface area contributed by atoms with Gasteiger partial charge in [-0.1, -0.05) is 13.8 Å². The Morgan fingerprint density at radius 1 is 1.42 bits per heavy atom. The molecule has 1 heterocycles. The van der Waals surface area contributed by atoms with Gasteiger partial charge in [0.25, 0.3) is 0 Å². The van der Waals surface area contributed by atoms with Gasteiger partial charge in [-0.3, -0.25) is 4.90 Å². The van der Waals surface area contributed by atoms with E-state index >= 15 is 0 Å². The Hall–Kier alpha value is -0.170. The number of ether oxygens (including phenoxy) is 1. The first-order chi connectivity index (χ1) is 8.85. The molecule has 1 unspecified atom stereocenters. The molecule has 1 atom stereocenters. The molecule has 0 aliphatic carbocycles. The van der Waals surface area contributed by atoms with E-state index in [9.17, 15) is 8.42 Å². The van der Waals surface area contributed by atoms with Crippen LogP contribution in [0.3, 0.4) is 0 Å². The van der Waals surface area contributed by atoms with Gasteiger partial charge in [0.1, 0.15) is 0 Å². The van der Waals surface area contributed by atoms with E-state index in [0.717, 1.165) is 19.5 Å². The third kappa shape index (κ3) is 4.70. The minimum atomic E-state index is -2.97. The second-order valence-corrected chi connectivity index (χ2v) is 8.14. The minimum absolute atomic E-state index is 0.187. The maximum Gasteiger partial charge on any atom is 0.152 e. The van der Waals surface area contributed by atoms with Gasteiger partial charge >= 0.3 is 0 Å². The van der Waals surface area contributed by atoms with E-state index in [1.807, 2.05) is 0 Å². The summed E-state index contributed by atoms with van der Waals surface area (Å²) in [6.45, 7) is 6.87. The van der Waals surface area contributed by atoms with Gasteiger partial charge in [0.15, 0.2) is 9.84 Å². The third-order valence-electron chi connectivity index (χ3n) is 3.79. The van der Waals surface area contributed by atoms with Crippen molar-refractivity contribution in [2.75, 3.05) is 44.9 Å². The molecule has 0 spiro atoms. The predicted octanol–water partition coefficient (Wildman–Crippen LogP) is 0.497. The molecule has 2 N–H and O–H groups in total. The molecule has 1 rings (SSSR count). The van der Waals surface area contributed by atoms with Crippen molar-refractivity contribution in [1.82, 2.24) is 4.90 Å². The van der Waals surface area contributed by atoms with Crippen molar-refractivity contribution in [3.63, 3.8) is 0 Å². The molecule has 0 bridgehead atoms. The van der Waals surface area contributed by atoms with Crippen LogP contribution in [0, 0.1) is 5.92 Å². The van der Waals surface area contributed by atoms with Gasteiger partial charge < -0.3 is 10.5 Å². The summed E-state index contributed by atoms with van der Waals surface area (Å²) in [4.78, 5) is 2.23. The SMILES string of the molecule is COCCN(CC(C)C)C1(CN)CCCS(=O)(=O)C1. The fraction of sp³-hybridized carbons (Fsp3) is 1.00. The van der Waals surface area contributed by atoms with Crippen LogP contribution in [0.2, 0.25) is 0 Å². The van der Waals surface area contributed by atoms with Crippen LogP contribution in [0.25, 0.3) is 0 Å². The highest BCUT2D eigenvalue weighted by Crippen LogP contribution is 2.29. The lowest BCUT2D eigenvalue weighted by molar-refractivity contribution is 0.0545. The first-order valence-electron chi connectivity index (χ1n) is 7.00. The first-order valence-corrected chi connectivity index (χ1v) is 8.82. The van der Waals surface area contributed by atoms with Gasteiger partial charge in [0.2, 0.25) is 0 Å². The summed E-state index contributed by atoms with van der Waals surface area (Å²) >= 11 is 0. The van der Waals surface area contributed by atoms with Crippen LogP contribution in [0.5, 0.6) is 0 Å². The third-order valence-corrected chi connectivity index (χ3v) is 5.68. The van der Waals surface area contributed by atoms with Crippen LogP contribution >= 0.6 is 0 Å². The van der Waals surface area contributed by atoms with Crippen molar-refractivity contribution >= 4 is 9.84 Å². The Labute approximate surface area is 117 Å². The molecule has 1 aliphatic rings. The van der Waals surface area contributed by atoms with Crippen LogP contribution in [0.4, 0.5) is 0 Å². The molecule has 0 saturated carbocycles. The predicted molar refractivity (Wildman–Crippen MR) is 78.0 cm³/mol. The molecule has 0 aromatic rings. The van der Waals surface area contributed by atoms with E-state index in [1.54, 1.807) is 7.11 Å². The van der Waals surface area contributed by atoms with Crippen molar-refractivity contribution in [3.8, 4) is 0 Å². The number of nitrogens with two attached hydrogens (primary N) is 1. The number of methoxy groups -OCH3 is 1. The van der Waals surface area contributed by atoms with E-state index in [4.69, 9.17) is 10.5 Å². The maximum atomic E-state index is 12.0. The molecule has 0 aromatic heterocycles. The lowest BCUT2D eigenvalue weighted by atomic mass is 9.92. The quantitative estimate of drug-likeness (QED) is 0.739. The van der Waals surface area contributed by atoms with E-state index in [0.29, 0.717) is 31.2 Å². The molecule has 6 heteroatoms. The zero-order valence-electron chi connectivity index (χ0n) is 12.4. The summed E-state index contributed by atoms with van der Waals surface area (Å²) < 4.78 is 29.1. The topological polar surface area (TPSA) is 72.6 Å². The Morgan fingerprint density at radius 3 is 2.58 bits per heavy atom. The van der Waals surface area contributed by atoms with Crippen LogP contribution in [-0.2, 0) is 14.6 Å². The number of rotatable bonds is 7. The first kappa shape index (κ1) is 16.9. The standard InChI is InChI=1S/C13H28N2O3S/c1-12(2)9-15(6-7-18-3)13(10-14)5-4-8-19(16,17)11-13/h12H,4-11,14H2,1-3H3. The summed E-state index contributed by atoms with van der Waals surface area (Å²) in [6, 6.07) is 0. The molecular weight excluding hydrogens is 264 g/mol. The molecule has 5 nitrogen and oxygen atoms in total. The lowest BCUT2D eigenvalue weighted by Gasteiger charge is -2.46. The summed E-state index contributed by atoms with van der Waals surface area (Å²) in [6.07, 6.45) is 1.57. The Bertz CT molecular complexity index is 370. The van der Waals surface area contributed by atoms with Gasteiger partial charge in [-0.15, -0.1) is 0 Å². The largest absolute Gasteiger partial charge is 0.383 e. The summed E-state index contributed by atoms with van der Waals surface area (Å²) in [5.41, 5.74) is 5.56. The maximum absolute atomic E-state index is 12.0. The van der Waals surface area contributed by atoms with Gasteiger partial charge in [-0.2, -0.15) is 0 Å². The van der Waals surface area contributed by atoms with Crippen molar-refractivity contribution in [2.45, 2.75) is 32.2 Å². The number of sulfone groups is 1.